The van der Waals surface area contributed by atoms with E-state index in [1.807, 2.05) is 0 Å². The Hall–Kier alpha value is -1.30. The van der Waals surface area contributed by atoms with Crippen molar-refractivity contribution in [2.24, 2.45) is 0 Å². The van der Waals surface area contributed by atoms with Gasteiger partial charge in [-0.05, 0) is 31.5 Å². The van der Waals surface area contributed by atoms with E-state index in [2.05, 4.69) is 12.2 Å². The Morgan fingerprint density at radius 1 is 1.38 bits per heavy atom. The zero-order valence-corrected chi connectivity index (χ0v) is 13.3. The van der Waals surface area contributed by atoms with Crippen LogP contribution in [0.25, 0.3) is 0 Å². The van der Waals surface area contributed by atoms with Gasteiger partial charge in [0, 0.05) is 11.6 Å². The van der Waals surface area contributed by atoms with E-state index in [9.17, 15) is 4.79 Å². The summed E-state index contributed by atoms with van der Waals surface area (Å²) < 4.78 is 10.8. The highest BCUT2D eigenvalue weighted by atomic mass is 35.5. The van der Waals surface area contributed by atoms with Gasteiger partial charge in [0.2, 0.25) is 0 Å². The molecule has 0 aliphatic carbocycles. The van der Waals surface area contributed by atoms with Gasteiger partial charge in [0.05, 0.1) is 24.6 Å². The second-order valence-corrected chi connectivity index (χ2v) is 5.14. The normalized spacial score (nSPS) is 12.1. The molecule has 0 saturated heterocycles. The number of benzene rings is 1. The van der Waals surface area contributed by atoms with Crippen molar-refractivity contribution < 1.29 is 14.3 Å². The lowest BCUT2D eigenvalue weighted by Gasteiger charge is -2.14. The highest BCUT2D eigenvalue weighted by molar-refractivity contribution is 6.31. The van der Waals surface area contributed by atoms with Crippen molar-refractivity contribution in [3.8, 4) is 0 Å². The first-order chi connectivity index (χ1) is 10.0. The molecule has 1 aromatic carbocycles. The SMILES string of the molecule is CCCCOCCOC(C)C(=O)Nc1cc(Cl)ccc1N. The van der Waals surface area contributed by atoms with Crippen LogP contribution in [0.15, 0.2) is 18.2 Å². The van der Waals surface area contributed by atoms with Crippen molar-refractivity contribution in [2.45, 2.75) is 32.8 Å². The van der Waals surface area contributed by atoms with Crippen LogP contribution in [0.4, 0.5) is 11.4 Å². The second kappa shape index (κ2) is 9.60. The molecule has 1 aromatic rings. The fraction of sp³-hybridized carbons (Fsp3) is 0.533. The Morgan fingerprint density at radius 2 is 2.14 bits per heavy atom. The molecule has 0 aromatic heterocycles. The molecule has 1 atom stereocenters. The standard InChI is InChI=1S/C15H23ClN2O3/c1-3-4-7-20-8-9-21-11(2)15(19)18-14-10-12(16)5-6-13(14)17/h5-6,10-11H,3-4,7-9,17H2,1-2H3,(H,18,19). The zero-order chi connectivity index (χ0) is 15.7. The largest absolute Gasteiger partial charge is 0.397 e. The Bertz CT molecular complexity index is 455. The average Bonchev–Trinajstić information content (AvgIpc) is 2.46. The molecule has 0 saturated carbocycles. The number of nitrogen functional groups attached to an aromatic ring is 1. The number of anilines is 2. The van der Waals surface area contributed by atoms with E-state index < -0.39 is 6.10 Å². The molecule has 0 aliphatic rings. The summed E-state index contributed by atoms with van der Waals surface area (Å²) in [5.74, 6) is -0.266. The summed E-state index contributed by atoms with van der Waals surface area (Å²) in [4.78, 5) is 12.0. The average molecular weight is 315 g/mol. The number of nitrogens with one attached hydrogen (secondary N) is 1. The van der Waals surface area contributed by atoms with E-state index in [0.717, 1.165) is 19.4 Å². The Labute approximate surface area is 130 Å². The van der Waals surface area contributed by atoms with Gasteiger partial charge < -0.3 is 20.5 Å². The van der Waals surface area contributed by atoms with E-state index >= 15 is 0 Å². The number of hydrogen-bond acceptors (Lipinski definition) is 4. The van der Waals surface area contributed by atoms with E-state index in [4.69, 9.17) is 26.8 Å². The minimum atomic E-state index is -0.585. The molecule has 0 bridgehead atoms. The molecular weight excluding hydrogens is 292 g/mol. The van der Waals surface area contributed by atoms with Gasteiger partial charge in [0.1, 0.15) is 6.10 Å². The first-order valence-electron chi connectivity index (χ1n) is 7.09. The summed E-state index contributed by atoms with van der Waals surface area (Å²) in [5, 5.41) is 3.21. The Balaban J connectivity index is 2.32. The quantitative estimate of drug-likeness (QED) is 0.542. The van der Waals surface area contributed by atoms with Gasteiger partial charge in [0.15, 0.2) is 0 Å². The molecule has 1 rings (SSSR count). The van der Waals surface area contributed by atoms with Crippen LogP contribution in [-0.2, 0) is 14.3 Å². The minimum Gasteiger partial charge on any atom is -0.397 e. The molecule has 3 N–H and O–H groups in total. The topological polar surface area (TPSA) is 73.6 Å². The first kappa shape index (κ1) is 17.8. The predicted octanol–water partition coefficient (Wildman–Crippen LogP) is 3.08. The van der Waals surface area contributed by atoms with Gasteiger partial charge in [-0.25, -0.2) is 0 Å². The number of carbonyl (C=O) groups excluding carboxylic acids is 1. The highest BCUT2D eigenvalue weighted by Crippen LogP contribution is 2.23. The maximum Gasteiger partial charge on any atom is 0.253 e. The summed E-state index contributed by atoms with van der Waals surface area (Å²) in [5.41, 5.74) is 6.72. The predicted molar refractivity (Wildman–Crippen MR) is 85.6 cm³/mol. The molecule has 0 aliphatic heterocycles. The van der Waals surface area contributed by atoms with E-state index in [-0.39, 0.29) is 5.91 Å². The number of nitrogens with two attached hydrogens (primary N) is 1. The number of halogens is 1. The number of unbranched alkanes of at least 4 members (excludes halogenated alkanes) is 1. The van der Waals surface area contributed by atoms with Gasteiger partial charge in [-0.2, -0.15) is 0 Å². The third-order valence-corrected chi connectivity index (χ3v) is 3.12. The van der Waals surface area contributed by atoms with Crippen LogP contribution in [0, 0.1) is 0 Å². The maximum atomic E-state index is 12.0. The molecule has 21 heavy (non-hydrogen) atoms. The van der Waals surface area contributed by atoms with Crippen LogP contribution in [0.3, 0.4) is 0 Å². The van der Waals surface area contributed by atoms with Crippen LogP contribution < -0.4 is 11.1 Å². The first-order valence-corrected chi connectivity index (χ1v) is 7.47. The third kappa shape index (κ3) is 6.80. The van der Waals surface area contributed by atoms with Crippen molar-refractivity contribution in [1.82, 2.24) is 0 Å². The number of ether oxygens (including phenoxy) is 2. The van der Waals surface area contributed by atoms with E-state index in [0.29, 0.717) is 29.6 Å². The Morgan fingerprint density at radius 3 is 2.86 bits per heavy atom. The lowest BCUT2D eigenvalue weighted by Crippen LogP contribution is -2.29. The third-order valence-electron chi connectivity index (χ3n) is 2.88. The maximum absolute atomic E-state index is 12.0. The van der Waals surface area contributed by atoms with Crippen LogP contribution in [0.2, 0.25) is 5.02 Å². The van der Waals surface area contributed by atoms with Crippen LogP contribution in [0.5, 0.6) is 0 Å². The number of carbonyl (C=O) groups is 1. The van der Waals surface area contributed by atoms with Crippen LogP contribution in [0.1, 0.15) is 26.7 Å². The fourth-order valence-electron chi connectivity index (χ4n) is 1.58. The number of amides is 1. The summed E-state index contributed by atoms with van der Waals surface area (Å²) in [6, 6.07) is 4.92. The second-order valence-electron chi connectivity index (χ2n) is 4.70. The molecular formula is C15H23ClN2O3. The molecule has 0 heterocycles. The number of rotatable bonds is 9. The number of hydrogen-bond donors (Lipinski definition) is 2. The van der Waals surface area contributed by atoms with Gasteiger partial charge >= 0.3 is 0 Å². The van der Waals surface area contributed by atoms with E-state index in [1.165, 1.54) is 0 Å². The lowest BCUT2D eigenvalue weighted by atomic mass is 10.2. The van der Waals surface area contributed by atoms with Crippen LogP contribution in [-0.4, -0.2) is 31.8 Å². The Kier molecular flexibility index (Phi) is 8.12. The minimum absolute atomic E-state index is 0.266. The van der Waals surface area contributed by atoms with Crippen LogP contribution >= 0.6 is 11.6 Å². The molecule has 5 nitrogen and oxygen atoms in total. The lowest BCUT2D eigenvalue weighted by molar-refractivity contribution is -0.127. The van der Waals surface area contributed by atoms with Crippen molar-refractivity contribution in [2.75, 3.05) is 30.9 Å². The van der Waals surface area contributed by atoms with E-state index in [1.54, 1.807) is 25.1 Å². The van der Waals surface area contributed by atoms with Crippen molar-refractivity contribution in [3.63, 3.8) is 0 Å². The monoisotopic (exact) mass is 314 g/mol. The molecule has 0 radical (unpaired) electrons. The van der Waals surface area contributed by atoms with Gasteiger partial charge in [-0.15, -0.1) is 0 Å². The molecule has 0 fully saturated rings. The summed E-state index contributed by atoms with van der Waals surface area (Å²) in [6.07, 6.45) is 1.54. The molecule has 6 heteroatoms. The summed E-state index contributed by atoms with van der Waals surface area (Å²) in [6.45, 7) is 5.37. The van der Waals surface area contributed by atoms with Crippen molar-refractivity contribution in [3.05, 3.63) is 23.2 Å². The smallest absolute Gasteiger partial charge is 0.253 e. The molecule has 1 amide bonds. The summed E-state index contributed by atoms with van der Waals surface area (Å²) in [7, 11) is 0. The molecule has 118 valence electrons. The van der Waals surface area contributed by atoms with Crippen molar-refractivity contribution in [1.29, 1.82) is 0 Å². The molecule has 0 spiro atoms. The van der Waals surface area contributed by atoms with Gasteiger partial charge in [-0.1, -0.05) is 24.9 Å². The summed E-state index contributed by atoms with van der Waals surface area (Å²) >= 11 is 5.87. The zero-order valence-electron chi connectivity index (χ0n) is 12.5. The van der Waals surface area contributed by atoms with Crippen molar-refractivity contribution >= 4 is 28.9 Å². The van der Waals surface area contributed by atoms with Gasteiger partial charge in [0.25, 0.3) is 5.91 Å². The highest BCUT2D eigenvalue weighted by Gasteiger charge is 2.14. The van der Waals surface area contributed by atoms with Gasteiger partial charge in [-0.3, -0.25) is 4.79 Å². The fourth-order valence-corrected chi connectivity index (χ4v) is 1.75. The molecule has 1 unspecified atom stereocenters.